The lowest BCUT2D eigenvalue weighted by Gasteiger charge is -2.33. The quantitative estimate of drug-likeness (QED) is 0.622. The van der Waals surface area contributed by atoms with Crippen molar-refractivity contribution in [1.29, 1.82) is 0 Å². The molecule has 0 aliphatic rings. The molecule has 0 unspecified atom stereocenters. The zero-order chi connectivity index (χ0) is 24.7. The number of esters is 1. The molecule has 174 valence electrons. The molecule has 0 N–H and O–H groups in total. The number of aromatic nitrogens is 1. The second kappa shape index (κ2) is 8.88. The first-order valence-electron chi connectivity index (χ1n) is 10.4. The number of aryl methyl sites for hydroxylation is 1. The summed E-state index contributed by atoms with van der Waals surface area (Å²) in [7, 11) is 4.26. The van der Waals surface area contributed by atoms with Crippen LogP contribution in [-0.2, 0) is 9.53 Å². The fraction of sp³-hybridized carbons (Fsp3) is 0.480. The highest BCUT2D eigenvalue weighted by atomic mass is 19.1. The van der Waals surface area contributed by atoms with E-state index < -0.39 is 17.4 Å². The van der Waals surface area contributed by atoms with Crippen molar-refractivity contribution in [2.75, 3.05) is 21.3 Å². The highest BCUT2D eigenvalue weighted by Gasteiger charge is 2.39. The Morgan fingerprint density at radius 1 is 0.875 bits per heavy atom. The van der Waals surface area contributed by atoms with Crippen LogP contribution in [0.4, 0.5) is 4.39 Å². The minimum Gasteiger partial charge on any atom is -0.494 e. The van der Waals surface area contributed by atoms with Crippen LogP contribution in [0.2, 0.25) is 0 Å². The summed E-state index contributed by atoms with van der Waals surface area (Å²) in [6, 6.07) is 0. The maximum Gasteiger partial charge on any atom is 0.331 e. The first kappa shape index (κ1) is 25.3. The molecule has 0 saturated heterocycles. The maximum atomic E-state index is 15.0. The molecule has 2 aromatic rings. The van der Waals surface area contributed by atoms with Crippen LogP contribution in [0.15, 0.2) is 0 Å². The molecule has 1 aromatic carbocycles. The van der Waals surface area contributed by atoms with Crippen molar-refractivity contribution < 1.29 is 23.5 Å². The highest BCUT2D eigenvalue weighted by Crippen LogP contribution is 2.40. The summed E-state index contributed by atoms with van der Waals surface area (Å²) in [5, 5.41) is 0. The summed E-state index contributed by atoms with van der Waals surface area (Å²) in [6.45, 7) is 14.2. The summed E-state index contributed by atoms with van der Waals surface area (Å²) in [5.74, 6) is -0.981. The summed E-state index contributed by atoms with van der Waals surface area (Å²) < 4.78 is 25.4. The van der Waals surface area contributed by atoms with Crippen molar-refractivity contribution in [2.24, 2.45) is 0 Å². The van der Waals surface area contributed by atoms with Gasteiger partial charge in [-0.3, -0.25) is 4.79 Å². The second-order valence-electron chi connectivity index (χ2n) is 8.68. The summed E-state index contributed by atoms with van der Waals surface area (Å²) >= 11 is 0. The molecule has 1 amide bonds. The molecule has 0 atom stereocenters. The number of hydrogen-bond acceptors (Lipinski definition) is 5. The standard InChI is InChI=1S/C25H33FN2O4/c1-12-13(2)18(15(4)20(26)14(12)3)19-16(5)22(31-10)21(27-17(19)6)23(29)28(9)25(7,8)24(30)32-11/h1-11H3. The van der Waals surface area contributed by atoms with Crippen molar-refractivity contribution in [1.82, 2.24) is 9.88 Å². The van der Waals surface area contributed by atoms with Gasteiger partial charge in [0.05, 0.1) is 14.2 Å². The Kier molecular flexibility index (Phi) is 7.02. The van der Waals surface area contributed by atoms with E-state index >= 15 is 0 Å². The van der Waals surface area contributed by atoms with E-state index in [2.05, 4.69) is 4.98 Å². The molecule has 0 bridgehead atoms. The molecule has 1 heterocycles. The van der Waals surface area contributed by atoms with Crippen molar-refractivity contribution in [3.05, 3.63) is 45.0 Å². The van der Waals surface area contributed by atoms with Crippen LogP contribution in [0.1, 0.15) is 57.8 Å². The lowest BCUT2D eigenvalue weighted by atomic mass is 9.86. The molecular weight excluding hydrogens is 411 g/mol. The van der Waals surface area contributed by atoms with Crippen LogP contribution in [0.25, 0.3) is 11.1 Å². The molecule has 0 saturated carbocycles. The normalized spacial score (nSPS) is 11.4. The number of nitrogens with zero attached hydrogens (tertiary/aromatic N) is 2. The van der Waals surface area contributed by atoms with E-state index in [0.29, 0.717) is 28.1 Å². The Hall–Kier alpha value is -2.96. The number of ether oxygens (including phenoxy) is 2. The van der Waals surface area contributed by atoms with Gasteiger partial charge in [0.25, 0.3) is 5.91 Å². The number of carbonyl (C=O) groups is 2. The molecule has 0 radical (unpaired) electrons. The van der Waals surface area contributed by atoms with Gasteiger partial charge in [-0.1, -0.05) is 0 Å². The molecule has 32 heavy (non-hydrogen) atoms. The smallest absolute Gasteiger partial charge is 0.331 e. The van der Waals surface area contributed by atoms with Crippen molar-refractivity contribution in [3.63, 3.8) is 0 Å². The van der Waals surface area contributed by atoms with E-state index in [1.54, 1.807) is 34.6 Å². The lowest BCUT2D eigenvalue weighted by Crippen LogP contribution is -2.51. The lowest BCUT2D eigenvalue weighted by molar-refractivity contribution is -0.150. The topological polar surface area (TPSA) is 68.7 Å². The van der Waals surface area contributed by atoms with Crippen LogP contribution in [0.5, 0.6) is 5.75 Å². The largest absolute Gasteiger partial charge is 0.494 e. The Labute approximate surface area is 189 Å². The van der Waals surface area contributed by atoms with E-state index in [0.717, 1.165) is 22.3 Å². The first-order valence-corrected chi connectivity index (χ1v) is 10.4. The third-order valence-electron chi connectivity index (χ3n) is 6.59. The van der Waals surface area contributed by atoms with E-state index in [1.807, 2.05) is 20.8 Å². The van der Waals surface area contributed by atoms with E-state index in [9.17, 15) is 14.0 Å². The van der Waals surface area contributed by atoms with Gasteiger partial charge in [-0.05, 0) is 83.2 Å². The van der Waals surface area contributed by atoms with Crippen LogP contribution in [0.3, 0.4) is 0 Å². The highest BCUT2D eigenvalue weighted by molar-refractivity contribution is 5.99. The third kappa shape index (κ3) is 3.85. The molecule has 2 rings (SSSR count). The number of carbonyl (C=O) groups excluding carboxylic acids is 2. The number of pyridine rings is 1. The van der Waals surface area contributed by atoms with Crippen molar-refractivity contribution >= 4 is 11.9 Å². The minimum absolute atomic E-state index is 0.0883. The Morgan fingerprint density at radius 3 is 1.94 bits per heavy atom. The van der Waals surface area contributed by atoms with Crippen LogP contribution < -0.4 is 4.74 Å². The molecule has 0 aliphatic carbocycles. The summed E-state index contributed by atoms with van der Waals surface area (Å²) in [4.78, 5) is 31.4. The number of amides is 1. The number of halogens is 1. The van der Waals surface area contributed by atoms with E-state index in [1.165, 1.54) is 26.2 Å². The maximum absolute atomic E-state index is 15.0. The fourth-order valence-corrected chi connectivity index (χ4v) is 4.08. The van der Waals surface area contributed by atoms with Gasteiger partial charge < -0.3 is 14.4 Å². The SMILES string of the molecule is COC(=O)C(C)(C)N(C)C(=O)c1nc(C)c(-c2c(C)c(C)c(C)c(F)c2C)c(C)c1OC. The molecule has 7 heteroatoms. The Bertz CT molecular complexity index is 1080. The van der Waals surface area contributed by atoms with Gasteiger partial charge in [0.15, 0.2) is 11.4 Å². The summed E-state index contributed by atoms with van der Waals surface area (Å²) in [5.41, 5.74) is 4.63. The van der Waals surface area contributed by atoms with Gasteiger partial charge in [-0.2, -0.15) is 0 Å². The van der Waals surface area contributed by atoms with Gasteiger partial charge in [-0.25, -0.2) is 14.2 Å². The predicted octanol–water partition coefficient (Wildman–Crippen LogP) is 4.77. The molecule has 1 aromatic heterocycles. The minimum atomic E-state index is -1.20. The number of benzene rings is 1. The van der Waals surface area contributed by atoms with Gasteiger partial charge >= 0.3 is 5.97 Å². The monoisotopic (exact) mass is 444 g/mol. The van der Waals surface area contributed by atoms with E-state index in [4.69, 9.17) is 9.47 Å². The number of likely N-dealkylation sites (N-methyl/N-ethyl adjacent to an activating group) is 1. The van der Waals surface area contributed by atoms with Crippen LogP contribution >= 0.6 is 0 Å². The molecule has 0 fully saturated rings. The fourth-order valence-electron chi connectivity index (χ4n) is 4.08. The Morgan fingerprint density at radius 2 is 1.44 bits per heavy atom. The summed E-state index contributed by atoms with van der Waals surface area (Å²) in [6.07, 6.45) is 0. The molecule has 0 spiro atoms. The Balaban J connectivity index is 2.80. The van der Waals surface area contributed by atoms with Gasteiger partial charge in [0.1, 0.15) is 11.4 Å². The second-order valence-corrected chi connectivity index (χ2v) is 8.68. The average Bonchev–Trinajstić information content (AvgIpc) is 2.76. The van der Waals surface area contributed by atoms with Crippen LogP contribution in [0, 0.1) is 47.4 Å². The van der Waals surface area contributed by atoms with Gasteiger partial charge in [0, 0.05) is 23.9 Å². The van der Waals surface area contributed by atoms with Crippen molar-refractivity contribution in [2.45, 2.75) is 60.9 Å². The zero-order valence-electron chi connectivity index (χ0n) is 20.9. The molecular formula is C25H33FN2O4. The molecule has 6 nitrogen and oxygen atoms in total. The van der Waals surface area contributed by atoms with Gasteiger partial charge in [-0.15, -0.1) is 0 Å². The number of rotatable bonds is 5. The zero-order valence-corrected chi connectivity index (χ0v) is 20.9. The number of hydrogen-bond donors (Lipinski definition) is 0. The van der Waals surface area contributed by atoms with E-state index in [-0.39, 0.29) is 11.5 Å². The number of methoxy groups -OCH3 is 2. The third-order valence-corrected chi connectivity index (χ3v) is 6.59. The molecule has 0 aliphatic heterocycles. The average molecular weight is 445 g/mol. The predicted molar refractivity (Wildman–Crippen MR) is 123 cm³/mol. The first-order chi connectivity index (χ1) is 14.7. The van der Waals surface area contributed by atoms with Crippen LogP contribution in [-0.4, -0.2) is 48.6 Å². The van der Waals surface area contributed by atoms with Crippen molar-refractivity contribution in [3.8, 4) is 16.9 Å². The van der Waals surface area contributed by atoms with Gasteiger partial charge in [0.2, 0.25) is 0 Å².